The number of alkyl halides is 3. The van der Waals surface area contributed by atoms with Crippen LogP contribution < -0.4 is 0 Å². The number of rotatable bonds is 6. The van der Waals surface area contributed by atoms with Gasteiger partial charge < -0.3 is 9.26 Å². The molecule has 31 heavy (non-hydrogen) atoms. The number of halogens is 3. The first-order valence-electron chi connectivity index (χ1n) is 9.65. The smallest absolute Gasteiger partial charge is 0.416 e. The highest BCUT2D eigenvalue weighted by atomic mass is 32.2. The fourth-order valence-corrected chi connectivity index (χ4v) is 4.64. The van der Waals surface area contributed by atoms with Gasteiger partial charge in [0, 0.05) is 19.0 Å². The molecule has 3 rings (SSSR count). The van der Waals surface area contributed by atoms with E-state index in [9.17, 15) is 26.4 Å². The van der Waals surface area contributed by atoms with E-state index < -0.39 is 38.5 Å². The Morgan fingerprint density at radius 3 is 2.55 bits per heavy atom. The van der Waals surface area contributed by atoms with Gasteiger partial charge in [-0.3, -0.25) is 4.79 Å². The minimum atomic E-state index is -4.64. The van der Waals surface area contributed by atoms with Crippen LogP contribution in [0.1, 0.15) is 49.9 Å². The van der Waals surface area contributed by atoms with E-state index in [1.54, 1.807) is 0 Å². The van der Waals surface area contributed by atoms with Crippen molar-refractivity contribution in [2.75, 3.05) is 13.1 Å². The molecule has 0 unspecified atom stereocenters. The average molecular weight is 461 g/mol. The number of carbonyl (C=O) groups is 1. The van der Waals surface area contributed by atoms with Crippen LogP contribution in [0, 0.1) is 5.92 Å². The molecule has 0 amide bonds. The van der Waals surface area contributed by atoms with Crippen LogP contribution >= 0.6 is 0 Å². The fraction of sp³-hybridized carbons (Fsp3) is 0.526. The first-order chi connectivity index (χ1) is 14.5. The number of hydrogen-bond acceptors (Lipinski definition) is 7. The van der Waals surface area contributed by atoms with E-state index in [0.717, 1.165) is 22.5 Å². The van der Waals surface area contributed by atoms with Crippen molar-refractivity contribution < 1.29 is 35.6 Å². The molecule has 12 heteroatoms. The van der Waals surface area contributed by atoms with E-state index in [1.165, 1.54) is 0 Å². The van der Waals surface area contributed by atoms with Gasteiger partial charge in [-0.1, -0.05) is 25.1 Å². The number of hydrogen-bond donors (Lipinski definition) is 0. The summed E-state index contributed by atoms with van der Waals surface area (Å²) in [5, 5.41) is 3.77. The molecule has 0 saturated carbocycles. The largest absolute Gasteiger partial charge is 0.455 e. The van der Waals surface area contributed by atoms with Gasteiger partial charge in [0.25, 0.3) is 5.89 Å². The SMILES string of the molecule is CC(C)c1noc(COC(=O)C2CCN(S(=O)(=O)c3cccc(C(F)(F)F)c3)CC2)n1. The maximum Gasteiger partial charge on any atom is 0.416 e. The van der Waals surface area contributed by atoms with Crippen molar-refractivity contribution in [3.05, 3.63) is 41.5 Å². The number of piperidine rings is 1. The van der Waals surface area contributed by atoms with E-state index >= 15 is 0 Å². The number of ether oxygens (including phenoxy) is 1. The number of nitrogens with zero attached hydrogens (tertiary/aromatic N) is 3. The molecular formula is C19H22F3N3O5S. The molecule has 0 spiro atoms. The lowest BCUT2D eigenvalue weighted by atomic mass is 9.98. The summed E-state index contributed by atoms with van der Waals surface area (Å²) in [7, 11) is -4.11. The van der Waals surface area contributed by atoms with Crippen molar-refractivity contribution in [2.45, 2.75) is 50.3 Å². The van der Waals surface area contributed by atoms with E-state index in [4.69, 9.17) is 9.26 Å². The minimum Gasteiger partial charge on any atom is -0.455 e. The van der Waals surface area contributed by atoms with Crippen molar-refractivity contribution in [3.63, 3.8) is 0 Å². The van der Waals surface area contributed by atoms with E-state index in [-0.39, 0.29) is 44.3 Å². The predicted octanol–water partition coefficient (Wildman–Crippen LogP) is 3.36. The van der Waals surface area contributed by atoms with E-state index in [0.29, 0.717) is 11.9 Å². The summed E-state index contributed by atoms with van der Waals surface area (Å²) in [5.74, 6) is -0.307. The molecular weight excluding hydrogens is 439 g/mol. The van der Waals surface area contributed by atoms with Crippen molar-refractivity contribution >= 4 is 16.0 Å². The molecule has 170 valence electrons. The van der Waals surface area contributed by atoms with E-state index in [1.807, 2.05) is 13.8 Å². The zero-order valence-corrected chi connectivity index (χ0v) is 17.7. The summed E-state index contributed by atoms with van der Waals surface area (Å²) in [6.07, 6.45) is -4.26. The molecule has 1 aromatic heterocycles. The molecule has 1 aromatic carbocycles. The van der Waals surface area contributed by atoms with Crippen LogP contribution in [0.5, 0.6) is 0 Å². The summed E-state index contributed by atoms with van der Waals surface area (Å²) < 4.78 is 75.4. The van der Waals surface area contributed by atoms with Crippen LogP contribution in [0.3, 0.4) is 0 Å². The second-order valence-corrected chi connectivity index (χ2v) is 9.45. The molecule has 0 bridgehead atoms. The van der Waals surface area contributed by atoms with Crippen LogP contribution in [0.4, 0.5) is 13.2 Å². The molecule has 8 nitrogen and oxygen atoms in total. The Morgan fingerprint density at radius 2 is 1.97 bits per heavy atom. The van der Waals surface area contributed by atoms with Crippen molar-refractivity contribution in [3.8, 4) is 0 Å². The molecule has 2 aromatic rings. The molecule has 0 N–H and O–H groups in total. The molecule has 1 fully saturated rings. The molecule has 1 aliphatic rings. The van der Waals surface area contributed by atoms with Crippen molar-refractivity contribution in [1.82, 2.24) is 14.4 Å². The Bertz CT molecular complexity index is 1030. The summed E-state index contributed by atoms with van der Waals surface area (Å²) in [4.78, 5) is 16.0. The normalized spacial score (nSPS) is 16.6. The van der Waals surface area contributed by atoms with Crippen LogP contribution in [-0.2, 0) is 32.3 Å². The van der Waals surface area contributed by atoms with Gasteiger partial charge in [-0.2, -0.15) is 22.5 Å². The van der Waals surface area contributed by atoms with Gasteiger partial charge >= 0.3 is 12.1 Å². The number of carbonyl (C=O) groups excluding carboxylic acids is 1. The molecule has 1 aliphatic heterocycles. The maximum atomic E-state index is 12.9. The molecule has 2 heterocycles. The number of esters is 1. The Labute approximate surface area is 177 Å². The van der Waals surface area contributed by atoms with Gasteiger partial charge in [0.15, 0.2) is 12.4 Å². The first-order valence-corrected chi connectivity index (χ1v) is 11.1. The van der Waals surface area contributed by atoms with Gasteiger partial charge in [-0.15, -0.1) is 0 Å². The highest BCUT2D eigenvalue weighted by Crippen LogP contribution is 2.32. The van der Waals surface area contributed by atoms with Crippen LogP contribution in [0.25, 0.3) is 0 Å². The van der Waals surface area contributed by atoms with E-state index in [2.05, 4.69) is 10.1 Å². The molecule has 1 saturated heterocycles. The highest BCUT2D eigenvalue weighted by Gasteiger charge is 2.35. The van der Waals surface area contributed by atoms with Gasteiger partial charge in [-0.05, 0) is 31.0 Å². The highest BCUT2D eigenvalue weighted by molar-refractivity contribution is 7.89. The van der Waals surface area contributed by atoms with Crippen LogP contribution in [0.2, 0.25) is 0 Å². The Hall–Kier alpha value is -2.47. The minimum absolute atomic E-state index is 0.00357. The lowest BCUT2D eigenvalue weighted by Crippen LogP contribution is -2.40. The van der Waals surface area contributed by atoms with Gasteiger partial charge in [-0.25, -0.2) is 8.42 Å². The van der Waals surface area contributed by atoms with Gasteiger partial charge in [0.1, 0.15) is 0 Å². The lowest BCUT2D eigenvalue weighted by Gasteiger charge is -2.30. The number of aromatic nitrogens is 2. The monoisotopic (exact) mass is 461 g/mol. The van der Waals surface area contributed by atoms with Gasteiger partial charge in [0.05, 0.1) is 16.4 Å². The predicted molar refractivity (Wildman–Crippen MR) is 101 cm³/mol. The lowest BCUT2D eigenvalue weighted by molar-refractivity contribution is -0.152. The van der Waals surface area contributed by atoms with Crippen molar-refractivity contribution in [1.29, 1.82) is 0 Å². The second-order valence-electron chi connectivity index (χ2n) is 7.51. The quantitative estimate of drug-likeness (QED) is 0.608. The third-order valence-corrected chi connectivity index (χ3v) is 6.82. The molecule has 0 radical (unpaired) electrons. The standard InChI is InChI=1S/C19H22F3N3O5S/c1-12(2)17-23-16(30-24-17)11-29-18(26)13-6-8-25(9-7-13)31(27,28)15-5-3-4-14(10-15)19(20,21)22/h3-5,10,12-13H,6-9,11H2,1-2H3. The number of sulfonamides is 1. The molecule has 0 atom stereocenters. The van der Waals surface area contributed by atoms with Crippen LogP contribution in [0.15, 0.2) is 33.7 Å². The second kappa shape index (κ2) is 8.95. The third kappa shape index (κ3) is 5.42. The Balaban J connectivity index is 1.57. The Kier molecular flexibility index (Phi) is 6.70. The van der Waals surface area contributed by atoms with Gasteiger partial charge in [0.2, 0.25) is 10.0 Å². The topological polar surface area (TPSA) is 103 Å². The maximum absolute atomic E-state index is 12.9. The van der Waals surface area contributed by atoms with Crippen LogP contribution in [-0.4, -0.2) is 41.9 Å². The third-order valence-electron chi connectivity index (χ3n) is 4.92. The average Bonchev–Trinajstić information content (AvgIpc) is 3.21. The summed E-state index contributed by atoms with van der Waals surface area (Å²) in [6, 6.07) is 3.61. The first kappa shape index (κ1) is 23.2. The summed E-state index contributed by atoms with van der Waals surface area (Å²) >= 11 is 0. The molecule has 0 aliphatic carbocycles. The number of benzene rings is 1. The zero-order chi connectivity index (χ0) is 22.8. The Morgan fingerprint density at radius 1 is 1.29 bits per heavy atom. The zero-order valence-electron chi connectivity index (χ0n) is 16.9. The van der Waals surface area contributed by atoms with Crippen molar-refractivity contribution in [2.24, 2.45) is 5.92 Å². The fourth-order valence-electron chi connectivity index (χ4n) is 3.13. The summed E-state index contributed by atoms with van der Waals surface area (Å²) in [6.45, 7) is 3.60. The summed E-state index contributed by atoms with van der Waals surface area (Å²) in [5.41, 5.74) is -1.03.